The lowest BCUT2D eigenvalue weighted by molar-refractivity contribution is 0.0663. The quantitative estimate of drug-likeness (QED) is 0.319. The largest absolute Gasteiger partial charge is 0.389 e. The summed E-state index contributed by atoms with van der Waals surface area (Å²) in [6, 6.07) is 15.8. The van der Waals surface area contributed by atoms with Crippen molar-refractivity contribution in [2.75, 3.05) is 5.32 Å². The van der Waals surface area contributed by atoms with Gasteiger partial charge in [-0.2, -0.15) is 0 Å². The summed E-state index contributed by atoms with van der Waals surface area (Å²) in [6.45, 7) is 6.04. The summed E-state index contributed by atoms with van der Waals surface area (Å²) in [5.74, 6) is -1.31. The molecule has 0 radical (unpaired) electrons. The maximum atomic E-state index is 16.2. The Kier molecular flexibility index (Phi) is 5.22. The van der Waals surface area contributed by atoms with Gasteiger partial charge in [-0.25, -0.2) is 8.78 Å². The normalized spacial score (nSPS) is 19.3. The van der Waals surface area contributed by atoms with Crippen molar-refractivity contribution in [1.82, 2.24) is 10.3 Å². The highest BCUT2D eigenvalue weighted by Gasteiger charge is 2.43. The Labute approximate surface area is 191 Å². The molecule has 1 aliphatic heterocycles. The van der Waals surface area contributed by atoms with Crippen molar-refractivity contribution in [3.8, 4) is 11.1 Å². The number of H-pyrrole nitrogens is 1. The minimum atomic E-state index is -0.940. The van der Waals surface area contributed by atoms with Gasteiger partial charge in [0.25, 0.3) is 0 Å². The third-order valence-electron chi connectivity index (χ3n) is 6.64. The van der Waals surface area contributed by atoms with Gasteiger partial charge in [-0.05, 0) is 38.0 Å². The fourth-order valence-electron chi connectivity index (χ4n) is 4.82. The van der Waals surface area contributed by atoms with Crippen LogP contribution in [0.25, 0.3) is 22.0 Å². The van der Waals surface area contributed by atoms with E-state index in [1.807, 2.05) is 63.4 Å². The van der Waals surface area contributed by atoms with E-state index in [-0.39, 0.29) is 11.1 Å². The highest BCUT2D eigenvalue weighted by Crippen LogP contribution is 2.44. The number of aromatic amines is 1. The number of aromatic nitrogens is 1. The number of fused-ring (bicyclic) bond motifs is 2. The Morgan fingerprint density at radius 3 is 2.58 bits per heavy atom. The van der Waals surface area contributed by atoms with Crippen molar-refractivity contribution in [1.29, 1.82) is 0 Å². The molecular formula is C27H27F2N3O. The fraction of sp³-hybridized carbons (Fsp3) is 0.259. The van der Waals surface area contributed by atoms with Crippen LogP contribution in [0.3, 0.4) is 0 Å². The van der Waals surface area contributed by atoms with E-state index in [9.17, 15) is 5.11 Å². The molecular weight excluding hydrogens is 420 g/mol. The van der Waals surface area contributed by atoms with Gasteiger partial charge < -0.3 is 20.7 Å². The molecule has 4 nitrogen and oxygen atoms in total. The van der Waals surface area contributed by atoms with Crippen LogP contribution in [0.1, 0.15) is 36.6 Å². The Bertz CT molecular complexity index is 1330. The molecule has 2 heterocycles. The maximum Gasteiger partial charge on any atom is 0.140 e. The zero-order chi connectivity index (χ0) is 23.3. The minimum absolute atomic E-state index is 0.0959. The Morgan fingerprint density at radius 2 is 1.82 bits per heavy atom. The third kappa shape index (κ3) is 3.59. The van der Waals surface area contributed by atoms with E-state index < -0.39 is 29.3 Å². The van der Waals surface area contributed by atoms with E-state index in [0.717, 1.165) is 16.5 Å². The van der Waals surface area contributed by atoms with Crippen LogP contribution in [0.15, 0.2) is 60.8 Å². The van der Waals surface area contributed by atoms with Gasteiger partial charge in [0, 0.05) is 34.9 Å². The molecule has 1 aromatic heterocycles. The van der Waals surface area contributed by atoms with Crippen molar-refractivity contribution in [3.63, 3.8) is 0 Å². The molecule has 0 amide bonds. The van der Waals surface area contributed by atoms with E-state index in [1.54, 1.807) is 12.1 Å². The second-order valence-electron chi connectivity index (χ2n) is 9.34. The lowest BCUT2D eigenvalue weighted by atomic mass is 9.80. The Balaban J connectivity index is 1.66. The van der Waals surface area contributed by atoms with Crippen LogP contribution in [0, 0.1) is 18.6 Å². The van der Waals surface area contributed by atoms with Crippen molar-refractivity contribution in [2.45, 2.75) is 45.0 Å². The number of nitrogens with one attached hydrogen (secondary N) is 3. The molecule has 6 heteroatoms. The number of hydrogen-bond donors (Lipinski definition) is 4. The second kappa shape index (κ2) is 7.97. The lowest BCUT2D eigenvalue weighted by Gasteiger charge is -2.44. The van der Waals surface area contributed by atoms with Crippen LogP contribution in [-0.2, 0) is 6.54 Å². The molecule has 0 bridgehead atoms. The lowest BCUT2D eigenvalue weighted by Crippen LogP contribution is -2.54. The SMILES string of the molecule is Cc1c[nH]c2c(-c3c(F)cc4c(c3F)[C@H](NCc3ccccc3)[C@@H](O)C(C)(C)N4)cccc12. The van der Waals surface area contributed by atoms with Crippen LogP contribution >= 0.6 is 0 Å². The van der Waals surface area contributed by atoms with Gasteiger partial charge in [-0.1, -0.05) is 48.5 Å². The molecule has 0 spiro atoms. The highest BCUT2D eigenvalue weighted by molar-refractivity contribution is 5.96. The molecule has 0 saturated heterocycles. The van der Waals surface area contributed by atoms with E-state index in [0.29, 0.717) is 23.3 Å². The van der Waals surface area contributed by atoms with Gasteiger partial charge in [0.2, 0.25) is 0 Å². The molecule has 0 aliphatic carbocycles. The predicted molar refractivity (Wildman–Crippen MR) is 128 cm³/mol. The van der Waals surface area contributed by atoms with Crippen molar-refractivity contribution < 1.29 is 13.9 Å². The summed E-state index contributed by atoms with van der Waals surface area (Å²) in [4.78, 5) is 3.16. The average molecular weight is 448 g/mol. The Hall–Kier alpha value is -3.22. The summed E-state index contributed by atoms with van der Waals surface area (Å²) in [6.07, 6.45) is 0.894. The van der Waals surface area contributed by atoms with Crippen LogP contribution in [0.2, 0.25) is 0 Å². The summed E-state index contributed by atoms with van der Waals surface area (Å²) >= 11 is 0. The predicted octanol–water partition coefficient (Wildman–Crippen LogP) is 5.82. The van der Waals surface area contributed by atoms with Gasteiger partial charge in [0.15, 0.2) is 0 Å². The number of hydrogen-bond acceptors (Lipinski definition) is 3. The van der Waals surface area contributed by atoms with Gasteiger partial charge in [-0.3, -0.25) is 0 Å². The van der Waals surface area contributed by atoms with Crippen LogP contribution in [0.4, 0.5) is 14.5 Å². The first-order valence-corrected chi connectivity index (χ1v) is 11.1. The number of rotatable bonds is 4. The number of halogens is 2. The van der Waals surface area contributed by atoms with E-state index in [4.69, 9.17) is 0 Å². The zero-order valence-electron chi connectivity index (χ0n) is 18.8. The smallest absolute Gasteiger partial charge is 0.140 e. The second-order valence-corrected chi connectivity index (χ2v) is 9.34. The van der Waals surface area contributed by atoms with Crippen molar-refractivity contribution in [2.24, 2.45) is 0 Å². The number of aliphatic hydroxyl groups is 1. The number of aryl methyl sites for hydroxylation is 1. The molecule has 4 N–H and O–H groups in total. The van der Waals surface area contributed by atoms with Crippen molar-refractivity contribution in [3.05, 3.63) is 89.1 Å². The summed E-state index contributed by atoms with van der Waals surface area (Å²) in [5.41, 5.74) is 2.88. The zero-order valence-corrected chi connectivity index (χ0v) is 18.8. The van der Waals surface area contributed by atoms with Gasteiger partial charge in [0.05, 0.1) is 28.8 Å². The van der Waals surface area contributed by atoms with Gasteiger partial charge in [-0.15, -0.1) is 0 Å². The van der Waals surface area contributed by atoms with E-state index in [2.05, 4.69) is 15.6 Å². The Morgan fingerprint density at radius 1 is 1.06 bits per heavy atom. The number of anilines is 1. The van der Waals surface area contributed by atoms with E-state index >= 15 is 8.78 Å². The molecule has 0 saturated carbocycles. The topological polar surface area (TPSA) is 60.1 Å². The fourth-order valence-corrected chi connectivity index (χ4v) is 4.82. The molecule has 5 rings (SSSR count). The first-order valence-electron chi connectivity index (χ1n) is 11.1. The summed E-state index contributed by atoms with van der Waals surface area (Å²) < 4.78 is 31.6. The molecule has 1 aliphatic rings. The van der Waals surface area contributed by atoms with Gasteiger partial charge >= 0.3 is 0 Å². The third-order valence-corrected chi connectivity index (χ3v) is 6.64. The molecule has 170 valence electrons. The van der Waals surface area contributed by atoms with Crippen molar-refractivity contribution >= 4 is 16.6 Å². The van der Waals surface area contributed by atoms with Crippen LogP contribution < -0.4 is 10.6 Å². The molecule has 2 atom stereocenters. The summed E-state index contributed by atoms with van der Waals surface area (Å²) in [5, 5.41) is 18.5. The van der Waals surface area contributed by atoms with Crippen LogP contribution in [0.5, 0.6) is 0 Å². The first-order chi connectivity index (χ1) is 15.8. The average Bonchev–Trinajstić information content (AvgIpc) is 3.16. The maximum absolute atomic E-state index is 16.2. The molecule has 0 unspecified atom stereocenters. The molecule has 33 heavy (non-hydrogen) atoms. The molecule has 0 fully saturated rings. The minimum Gasteiger partial charge on any atom is -0.389 e. The monoisotopic (exact) mass is 447 g/mol. The number of aliphatic hydroxyl groups excluding tert-OH is 1. The highest BCUT2D eigenvalue weighted by atomic mass is 19.1. The standard InChI is InChI=1S/C27H27F2N3O/c1-15-13-30-24-17(15)10-7-11-18(24)21-19(28)12-20-22(23(21)29)25(26(33)27(2,3)32-20)31-14-16-8-5-4-6-9-16/h4-13,25-26,30-33H,14H2,1-3H3/t25-,26+/m0/s1. The van der Waals surface area contributed by atoms with Crippen LogP contribution in [-0.4, -0.2) is 21.7 Å². The molecule has 4 aromatic rings. The number of para-hydroxylation sites is 1. The molecule has 3 aromatic carbocycles. The van der Waals surface area contributed by atoms with E-state index in [1.165, 1.54) is 6.07 Å². The summed E-state index contributed by atoms with van der Waals surface area (Å²) in [7, 11) is 0. The number of benzene rings is 3. The van der Waals surface area contributed by atoms with Gasteiger partial charge in [0.1, 0.15) is 11.6 Å². The first kappa shape index (κ1) is 21.6.